The molecule has 1 aromatic carbocycles. The predicted octanol–water partition coefficient (Wildman–Crippen LogP) is 6.45. The van der Waals surface area contributed by atoms with Crippen molar-refractivity contribution in [1.29, 1.82) is 0 Å². The standard InChI is InChI=1S/C21H23NO3S.C2H6/c1-13-8-14(2)10-18(9-13)25-20-15(3)21(23)22-16(4)19(20)12-26-11-17-6-5-7-24-17;1-2/h5-10H,11-12H2,1-4H3,(H,22,23);1-2H3. The SMILES string of the molecule is CC.Cc1cc(C)cc(Oc2c(CSCc3ccco3)c(C)[nH]c(=O)c2C)c1. The van der Waals surface area contributed by atoms with Crippen LogP contribution in [0.2, 0.25) is 0 Å². The van der Waals surface area contributed by atoms with Crippen LogP contribution in [0.15, 0.2) is 45.8 Å². The summed E-state index contributed by atoms with van der Waals surface area (Å²) in [5, 5.41) is 0. The third-order valence-electron chi connectivity index (χ3n) is 4.19. The summed E-state index contributed by atoms with van der Waals surface area (Å²) in [6.45, 7) is 11.8. The minimum Gasteiger partial charge on any atom is -0.468 e. The number of aryl methyl sites for hydroxylation is 3. The first-order valence-electron chi connectivity index (χ1n) is 9.52. The third-order valence-corrected chi connectivity index (χ3v) is 5.18. The molecule has 0 radical (unpaired) electrons. The molecule has 2 aromatic heterocycles. The van der Waals surface area contributed by atoms with Crippen molar-refractivity contribution < 1.29 is 9.15 Å². The summed E-state index contributed by atoms with van der Waals surface area (Å²) >= 11 is 1.73. The molecule has 0 unspecified atom stereocenters. The lowest BCUT2D eigenvalue weighted by Gasteiger charge is -2.16. The quantitative estimate of drug-likeness (QED) is 0.517. The highest BCUT2D eigenvalue weighted by Gasteiger charge is 2.16. The highest BCUT2D eigenvalue weighted by atomic mass is 32.2. The van der Waals surface area contributed by atoms with Crippen molar-refractivity contribution in [1.82, 2.24) is 4.98 Å². The number of thioether (sulfide) groups is 1. The van der Waals surface area contributed by atoms with Gasteiger partial charge in [-0.05, 0) is 63.1 Å². The average molecular weight is 400 g/mol. The third kappa shape index (κ3) is 5.55. The Labute approximate surface area is 171 Å². The van der Waals surface area contributed by atoms with E-state index in [1.165, 1.54) is 0 Å². The number of benzene rings is 1. The van der Waals surface area contributed by atoms with Gasteiger partial charge in [0.1, 0.15) is 17.3 Å². The Balaban J connectivity index is 0.00000136. The van der Waals surface area contributed by atoms with Crippen LogP contribution in [0.1, 0.15) is 47.6 Å². The number of nitrogens with one attached hydrogen (secondary N) is 1. The minimum atomic E-state index is -0.110. The lowest BCUT2D eigenvalue weighted by molar-refractivity contribution is 0.471. The van der Waals surface area contributed by atoms with Gasteiger partial charge in [0.15, 0.2) is 0 Å². The maximum Gasteiger partial charge on any atom is 0.254 e. The number of rotatable bonds is 6. The molecule has 0 saturated heterocycles. The molecule has 0 fully saturated rings. The molecule has 150 valence electrons. The van der Waals surface area contributed by atoms with Gasteiger partial charge >= 0.3 is 0 Å². The van der Waals surface area contributed by atoms with Gasteiger partial charge in [0.05, 0.1) is 17.6 Å². The normalized spacial score (nSPS) is 10.4. The number of aromatic amines is 1. The van der Waals surface area contributed by atoms with Gasteiger partial charge < -0.3 is 14.1 Å². The van der Waals surface area contributed by atoms with Crippen molar-refractivity contribution in [3.05, 3.63) is 80.7 Å². The average Bonchev–Trinajstić information content (AvgIpc) is 3.16. The Bertz CT molecular complexity index is 938. The van der Waals surface area contributed by atoms with Crippen LogP contribution in [-0.2, 0) is 11.5 Å². The maximum absolute atomic E-state index is 12.2. The van der Waals surface area contributed by atoms with Crippen LogP contribution >= 0.6 is 11.8 Å². The number of ether oxygens (including phenoxy) is 1. The molecule has 0 saturated carbocycles. The van der Waals surface area contributed by atoms with Gasteiger partial charge in [-0.2, -0.15) is 0 Å². The van der Waals surface area contributed by atoms with Gasteiger partial charge in [-0.15, -0.1) is 11.8 Å². The van der Waals surface area contributed by atoms with Gasteiger partial charge in [0, 0.05) is 17.0 Å². The largest absolute Gasteiger partial charge is 0.468 e. The summed E-state index contributed by atoms with van der Waals surface area (Å²) < 4.78 is 11.6. The van der Waals surface area contributed by atoms with Gasteiger partial charge in [0.2, 0.25) is 0 Å². The second-order valence-corrected chi connectivity index (χ2v) is 7.50. The van der Waals surface area contributed by atoms with E-state index in [9.17, 15) is 4.79 Å². The number of pyridine rings is 1. The van der Waals surface area contributed by atoms with Gasteiger partial charge in [-0.3, -0.25) is 4.79 Å². The van der Waals surface area contributed by atoms with Crippen molar-refractivity contribution in [2.24, 2.45) is 0 Å². The van der Waals surface area contributed by atoms with Crippen LogP contribution in [0.25, 0.3) is 0 Å². The molecule has 3 rings (SSSR count). The molecule has 0 amide bonds. The summed E-state index contributed by atoms with van der Waals surface area (Å²) in [5.41, 5.74) is 4.61. The Morgan fingerprint density at radius 1 is 1.04 bits per heavy atom. The number of hydrogen-bond acceptors (Lipinski definition) is 4. The summed E-state index contributed by atoms with van der Waals surface area (Å²) in [5.74, 6) is 3.85. The Morgan fingerprint density at radius 2 is 1.71 bits per heavy atom. The van der Waals surface area contributed by atoms with E-state index in [0.717, 1.165) is 45.4 Å². The van der Waals surface area contributed by atoms with Crippen LogP contribution in [0.4, 0.5) is 0 Å². The van der Waals surface area contributed by atoms with E-state index in [1.54, 1.807) is 24.9 Å². The molecule has 0 atom stereocenters. The topological polar surface area (TPSA) is 55.2 Å². The van der Waals surface area contributed by atoms with E-state index >= 15 is 0 Å². The van der Waals surface area contributed by atoms with E-state index in [2.05, 4.69) is 11.1 Å². The molecule has 3 aromatic rings. The molecular formula is C23H29NO3S. The van der Waals surface area contributed by atoms with Crippen molar-refractivity contribution in [3.8, 4) is 11.5 Å². The Morgan fingerprint density at radius 3 is 2.32 bits per heavy atom. The minimum absolute atomic E-state index is 0.110. The van der Waals surface area contributed by atoms with Gasteiger partial charge in [-0.25, -0.2) is 0 Å². The smallest absolute Gasteiger partial charge is 0.254 e. The highest BCUT2D eigenvalue weighted by Crippen LogP contribution is 2.33. The highest BCUT2D eigenvalue weighted by molar-refractivity contribution is 7.97. The number of H-pyrrole nitrogens is 1. The number of aromatic nitrogens is 1. The molecule has 4 nitrogen and oxygen atoms in total. The molecule has 5 heteroatoms. The van der Waals surface area contributed by atoms with E-state index < -0.39 is 0 Å². The summed E-state index contributed by atoms with van der Waals surface area (Å²) in [6, 6.07) is 9.93. The molecule has 0 aliphatic rings. The Kier molecular flexibility index (Phi) is 8.00. The van der Waals surface area contributed by atoms with E-state index in [0.29, 0.717) is 11.3 Å². The molecule has 28 heavy (non-hydrogen) atoms. The van der Waals surface area contributed by atoms with Gasteiger partial charge in [0.25, 0.3) is 5.56 Å². The summed E-state index contributed by atoms with van der Waals surface area (Å²) in [6.07, 6.45) is 1.68. The molecule has 1 N–H and O–H groups in total. The monoisotopic (exact) mass is 399 g/mol. The van der Waals surface area contributed by atoms with Crippen LogP contribution < -0.4 is 10.3 Å². The first-order valence-corrected chi connectivity index (χ1v) is 10.7. The van der Waals surface area contributed by atoms with E-state index in [1.807, 2.05) is 58.9 Å². The van der Waals surface area contributed by atoms with Crippen molar-refractivity contribution in [2.45, 2.75) is 53.0 Å². The fourth-order valence-electron chi connectivity index (χ4n) is 2.91. The first-order chi connectivity index (χ1) is 13.4. The van der Waals surface area contributed by atoms with E-state index in [-0.39, 0.29) is 5.56 Å². The second kappa shape index (κ2) is 10.2. The molecule has 0 aliphatic carbocycles. The van der Waals surface area contributed by atoms with E-state index in [4.69, 9.17) is 9.15 Å². The Hall–Kier alpha value is -2.40. The van der Waals surface area contributed by atoms with Crippen LogP contribution in [0.5, 0.6) is 11.5 Å². The van der Waals surface area contributed by atoms with Crippen molar-refractivity contribution in [2.75, 3.05) is 0 Å². The molecule has 0 spiro atoms. The maximum atomic E-state index is 12.2. The first kappa shape index (κ1) is 21.9. The predicted molar refractivity (Wildman–Crippen MR) is 118 cm³/mol. The molecule has 0 bridgehead atoms. The van der Waals surface area contributed by atoms with Crippen LogP contribution in [0.3, 0.4) is 0 Å². The zero-order valence-corrected chi connectivity index (χ0v) is 18.3. The van der Waals surface area contributed by atoms with Crippen molar-refractivity contribution >= 4 is 11.8 Å². The zero-order chi connectivity index (χ0) is 20.7. The lowest BCUT2D eigenvalue weighted by Crippen LogP contribution is -2.15. The lowest BCUT2D eigenvalue weighted by atomic mass is 10.1. The summed E-state index contributed by atoms with van der Waals surface area (Å²) in [4.78, 5) is 15.2. The fourth-order valence-corrected chi connectivity index (χ4v) is 3.93. The second-order valence-electron chi connectivity index (χ2n) is 6.51. The zero-order valence-electron chi connectivity index (χ0n) is 17.5. The molecule has 2 heterocycles. The summed E-state index contributed by atoms with van der Waals surface area (Å²) in [7, 11) is 0. The van der Waals surface area contributed by atoms with Crippen molar-refractivity contribution in [3.63, 3.8) is 0 Å². The molecule has 0 aliphatic heterocycles. The fraction of sp³-hybridized carbons (Fsp3) is 0.348. The number of furan rings is 1. The van der Waals surface area contributed by atoms with Crippen LogP contribution in [-0.4, -0.2) is 4.98 Å². The number of hydrogen-bond donors (Lipinski definition) is 1. The molecular weight excluding hydrogens is 370 g/mol. The van der Waals surface area contributed by atoms with Crippen LogP contribution in [0, 0.1) is 27.7 Å². The van der Waals surface area contributed by atoms with Gasteiger partial charge in [-0.1, -0.05) is 19.9 Å².